The smallest absolute Gasteiger partial charge is 0.0640 e. The number of hydrogen-bond donors (Lipinski definition) is 1. The van der Waals surface area contributed by atoms with Gasteiger partial charge in [0.05, 0.1) is 6.10 Å². The second-order valence-electron chi connectivity index (χ2n) is 5.26. The van der Waals surface area contributed by atoms with Crippen molar-refractivity contribution in [3.63, 3.8) is 0 Å². The van der Waals surface area contributed by atoms with Crippen LogP contribution in [-0.4, -0.2) is 17.0 Å². The molecule has 20 heavy (non-hydrogen) atoms. The summed E-state index contributed by atoms with van der Waals surface area (Å²) in [5, 5.41) is 10.2. The average molecular weight is 349 g/mol. The van der Waals surface area contributed by atoms with Gasteiger partial charge in [0.25, 0.3) is 0 Å². The van der Waals surface area contributed by atoms with E-state index in [1.165, 1.54) is 16.0 Å². The van der Waals surface area contributed by atoms with E-state index in [1.54, 1.807) is 11.8 Å². The van der Waals surface area contributed by atoms with E-state index in [1.807, 2.05) is 12.1 Å². The van der Waals surface area contributed by atoms with E-state index in [4.69, 9.17) is 0 Å². The highest BCUT2D eigenvalue weighted by molar-refractivity contribution is 9.10. The van der Waals surface area contributed by atoms with E-state index < -0.39 is 0 Å². The summed E-state index contributed by atoms with van der Waals surface area (Å²) >= 11 is 5.19. The molecule has 1 aliphatic rings. The second-order valence-corrected chi connectivity index (χ2v) is 7.27. The molecule has 2 atom stereocenters. The molecule has 2 unspecified atom stereocenters. The van der Waals surface area contributed by atoms with E-state index in [9.17, 15) is 5.11 Å². The molecule has 0 aromatic heterocycles. The van der Waals surface area contributed by atoms with E-state index in [0.717, 1.165) is 23.1 Å². The number of hydrogen-bond acceptors (Lipinski definition) is 2. The van der Waals surface area contributed by atoms with E-state index in [0.29, 0.717) is 5.92 Å². The molecule has 0 spiro atoms. The van der Waals surface area contributed by atoms with Gasteiger partial charge in [-0.15, -0.1) is 11.8 Å². The molecular formula is C17H17BrOS. The average Bonchev–Trinajstić information content (AvgIpc) is 2.43. The standard InChI is InChI=1S/C17H17BrOS/c18-14-5-3-6-16(10-14)20-11-15(19)9-13-8-12-4-1-2-7-17(12)13/h1-7,10,13,15,19H,8-9,11H2. The first-order valence-electron chi connectivity index (χ1n) is 6.86. The minimum absolute atomic E-state index is 0.239. The highest BCUT2D eigenvalue weighted by Crippen LogP contribution is 2.38. The van der Waals surface area contributed by atoms with Crippen molar-refractivity contribution in [2.45, 2.75) is 29.8 Å². The van der Waals surface area contributed by atoms with Crippen LogP contribution in [0.25, 0.3) is 0 Å². The molecule has 0 saturated carbocycles. The predicted octanol–water partition coefficient (Wildman–Crippen LogP) is 4.63. The first kappa shape index (κ1) is 14.2. The first-order valence-corrected chi connectivity index (χ1v) is 8.64. The third kappa shape index (κ3) is 3.27. The number of benzene rings is 2. The normalized spacial score (nSPS) is 18.2. The Morgan fingerprint density at radius 1 is 1.20 bits per heavy atom. The first-order chi connectivity index (χ1) is 9.72. The molecule has 2 aromatic rings. The summed E-state index contributed by atoms with van der Waals surface area (Å²) in [4.78, 5) is 1.20. The van der Waals surface area contributed by atoms with Gasteiger partial charge in [-0.2, -0.15) is 0 Å². The Bertz CT molecular complexity index is 599. The third-order valence-corrected chi connectivity index (χ3v) is 5.39. The minimum Gasteiger partial charge on any atom is -0.392 e. The Kier molecular flexibility index (Phi) is 4.49. The van der Waals surface area contributed by atoms with Crippen molar-refractivity contribution in [2.24, 2.45) is 0 Å². The van der Waals surface area contributed by atoms with Gasteiger partial charge < -0.3 is 5.11 Å². The summed E-state index contributed by atoms with van der Waals surface area (Å²) in [5.74, 6) is 1.30. The van der Waals surface area contributed by atoms with Gasteiger partial charge in [-0.3, -0.25) is 0 Å². The Morgan fingerprint density at radius 3 is 2.85 bits per heavy atom. The summed E-state index contributed by atoms with van der Waals surface area (Å²) in [6.45, 7) is 0. The minimum atomic E-state index is -0.239. The van der Waals surface area contributed by atoms with Crippen LogP contribution in [0, 0.1) is 0 Å². The third-order valence-electron chi connectivity index (χ3n) is 3.76. The van der Waals surface area contributed by atoms with Gasteiger partial charge in [-0.25, -0.2) is 0 Å². The van der Waals surface area contributed by atoms with Crippen LogP contribution in [0.4, 0.5) is 0 Å². The van der Waals surface area contributed by atoms with Gasteiger partial charge in [0.2, 0.25) is 0 Å². The Labute approximate surface area is 132 Å². The van der Waals surface area contributed by atoms with Crippen LogP contribution in [0.15, 0.2) is 57.9 Å². The van der Waals surface area contributed by atoms with Crippen LogP contribution in [0.3, 0.4) is 0 Å². The predicted molar refractivity (Wildman–Crippen MR) is 88.4 cm³/mol. The monoisotopic (exact) mass is 348 g/mol. The highest BCUT2D eigenvalue weighted by atomic mass is 79.9. The summed E-state index contributed by atoms with van der Waals surface area (Å²) < 4.78 is 1.09. The Morgan fingerprint density at radius 2 is 2.05 bits per heavy atom. The van der Waals surface area contributed by atoms with Crippen molar-refractivity contribution in [3.8, 4) is 0 Å². The van der Waals surface area contributed by atoms with Gasteiger partial charge in [0, 0.05) is 15.1 Å². The molecule has 104 valence electrons. The van der Waals surface area contributed by atoms with Crippen LogP contribution in [0.5, 0.6) is 0 Å². The van der Waals surface area contributed by atoms with Crippen molar-refractivity contribution < 1.29 is 5.11 Å². The zero-order valence-electron chi connectivity index (χ0n) is 11.1. The molecule has 0 heterocycles. The molecule has 0 radical (unpaired) electrons. The van der Waals surface area contributed by atoms with Crippen molar-refractivity contribution in [1.29, 1.82) is 0 Å². The number of thioether (sulfide) groups is 1. The van der Waals surface area contributed by atoms with E-state index in [-0.39, 0.29) is 6.10 Å². The van der Waals surface area contributed by atoms with Crippen LogP contribution in [0.1, 0.15) is 23.5 Å². The summed E-state index contributed by atoms with van der Waals surface area (Å²) in [7, 11) is 0. The molecule has 1 nitrogen and oxygen atoms in total. The van der Waals surface area contributed by atoms with Gasteiger partial charge in [-0.05, 0) is 48.1 Å². The van der Waals surface area contributed by atoms with Gasteiger partial charge >= 0.3 is 0 Å². The maximum absolute atomic E-state index is 10.2. The van der Waals surface area contributed by atoms with Crippen LogP contribution in [0.2, 0.25) is 0 Å². The topological polar surface area (TPSA) is 20.2 Å². The van der Waals surface area contributed by atoms with Crippen LogP contribution < -0.4 is 0 Å². The molecular weight excluding hydrogens is 332 g/mol. The number of fused-ring (bicyclic) bond motifs is 1. The van der Waals surface area contributed by atoms with E-state index >= 15 is 0 Å². The van der Waals surface area contributed by atoms with Gasteiger partial charge in [-0.1, -0.05) is 46.3 Å². The molecule has 0 fully saturated rings. The largest absolute Gasteiger partial charge is 0.392 e. The zero-order valence-corrected chi connectivity index (χ0v) is 13.5. The van der Waals surface area contributed by atoms with Crippen molar-refractivity contribution in [2.75, 3.05) is 5.75 Å². The molecule has 3 heteroatoms. The van der Waals surface area contributed by atoms with Gasteiger partial charge in [0.15, 0.2) is 0 Å². The summed E-state index contributed by atoms with van der Waals surface area (Å²) in [6, 6.07) is 16.8. The number of aliphatic hydroxyl groups is 1. The van der Waals surface area contributed by atoms with E-state index in [2.05, 4.69) is 52.3 Å². The maximum atomic E-state index is 10.2. The summed E-state index contributed by atoms with van der Waals surface area (Å²) in [6.07, 6.45) is 1.75. The Hall–Kier alpha value is -0.770. The quantitative estimate of drug-likeness (QED) is 0.794. The van der Waals surface area contributed by atoms with Crippen LogP contribution in [-0.2, 0) is 6.42 Å². The van der Waals surface area contributed by atoms with Crippen molar-refractivity contribution in [3.05, 3.63) is 64.1 Å². The molecule has 2 aromatic carbocycles. The van der Waals surface area contributed by atoms with Crippen molar-refractivity contribution in [1.82, 2.24) is 0 Å². The molecule has 0 amide bonds. The lowest BCUT2D eigenvalue weighted by atomic mass is 9.75. The molecule has 1 N–H and O–H groups in total. The van der Waals surface area contributed by atoms with Gasteiger partial charge in [0.1, 0.15) is 0 Å². The SMILES string of the molecule is OC(CSc1cccc(Br)c1)CC1Cc2ccccc21. The molecule has 3 rings (SSSR count). The van der Waals surface area contributed by atoms with Crippen molar-refractivity contribution >= 4 is 27.7 Å². The fourth-order valence-electron chi connectivity index (χ4n) is 2.72. The second kappa shape index (κ2) is 6.33. The number of halogens is 1. The highest BCUT2D eigenvalue weighted by Gasteiger charge is 2.27. The zero-order chi connectivity index (χ0) is 13.9. The molecule has 1 aliphatic carbocycles. The lowest BCUT2D eigenvalue weighted by molar-refractivity contribution is 0.175. The molecule has 0 bridgehead atoms. The Balaban J connectivity index is 1.50. The number of rotatable bonds is 5. The lowest BCUT2D eigenvalue weighted by Gasteiger charge is -2.31. The summed E-state index contributed by atoms with van der Waals surface area (Å²) in [5.41, 5.74) is 2.88. The lowest BCUT2D eigenvalue weighted by Crippen LogP contribution is -2.23. The maximum Gasteiger partial charge on any atom is 0.0640 e. The fraction of sp³-hybridized carbons (Fsp3) is 0.294. The van der Waals surface area contributed by atoms with Crippen LogP contribution >= 0.6 is 27.7 Å². The fourth-order valence-corrected chi connectivity index (χ4v) is 4.18. The number of aliphatic hydroxyl groups excluding tert-OH is 1. The molecule has 0 saturated heterocycles. The molecule has 0 aliphatic heterocycles.